The number of hydrogen-bond acceptors (Lipinski definition) is 5. The Balaban J connectivity index is 2.41. The van der Waals surface area contributed by atoms with E-state index in [0.29, 0.717) is 19.5 Å². The third-order valence-electron chi connectivity index (χ3n) is 3.99. The molecule has 1 atom stereocenters. The molecule has 1 aliphatic heterocycles. The van der Waals surface area contributed by atoms with Gasteiger partial charge < -0.3 is 14.9 Å². The average molecular weight is 331 g/mol. The van der Waals surface area contributed by atoms with Crippen molar-refractivity contribution in [1.82, 2.24) is 14.8 Å². The summed E-state index contributed by atoms with van der Waals surface area (Å²) in [6.07, 6.45) is 3.58. The molecule has 6 nitrogen and oxygen atoms in total. The second kappa shape index (κ2) is 7.57. The Labute approximate surface area is 142 Å². The third-order valence-corrected chi connectivity index (χ3v) is 3.99. The maximum absolute atomic E-state index is 12.7. The molecule has 0 radical (unpaired) electrons. The highest BCUT2D eigenvalue weighted by Gasteiger charge is 2.43. The first-order chi connectivity index (χ1) is 11.3. The largest absolute Gasteiger partial charge is 0.503 e. The minimum Gasteiger partial charge on any atom is -0.503 e. The number of likely N-dealkylation sites (N-methyl/N-ethyl adjacent to an activating group) is 1. The Kier molecular flexibility index (Phi) is 5.72. The van der Waals surface area contributed by atoms with Crippen molar-refractivity contribution in [1.29, 1.82) is 0 Å². The maximum Gasteiger partial charge on any atom is 0.290 e. The molecule has 0 spiro atoms. The fourth-order valence-corrected chi connectivity index (χ4v) is 2.84. The van der Waals surface area contributed by atoms with Gasteiger partial charge in [-0.05, 0) is 31.6 Å². The predicted octanol–water partition coefficient (Wildman–Crippen LogP) is 1.95. The van der Waals surface area contributed by atoms with Crippen molar-refractivity contribution in [3.63, 3.8) is 0 Å². The number of carbonyl (C=O) groups is 2. The van der Waals surface area contributed by atoms with Crippen molar-refractivity contribution >= 4 is 11.7 Å². The topological polar surface area (TPSA) is 73.7 Å². The number of Topliss-reactive ketones (excluding diaryl/α,β-unsaturated/α-hetero) is 1. The molecule has 0 saturated heterocycles. The van der Waals surface area contributed by atoms with Crippen LogP contribution in [-0.2, 0) is 9.59 Å². The number of aliphatic hydroxyl groups is 1. The first kappa shape index (κ1) is 18.1. The van der Waals surface area contributed by atoms with Gasteiger partial charge in [-0.3, -0.25) is 14.6 Å². The smallest absolute Gasteiger partial charge is 0.290 e. The molecular formula is C18H25N3O3. The van der Waals surface area contributed by atoms with Gasteiger partial charge in [-0.25, -0.2) is 0 Å². The molecule has 0 bridgehead atoms. The first-order valence-corrected chi connectivity index (χ1v) is 8.14. The minimum atomic E-state index is -0.572. The van der Waals surface area contributed by atoms with Crippen LogP contribution < -0.4 is 0 Å². The zero-order valence-corrected chi connectivity index (χ0v) is 14.7. The Hall–Kier alpha value is -2.21. The summed E-state index contributed by atoms with van der Waals surface area (Å²) in [5.74, 6) is -0.943. The quantitative estimate of drug-likeness (QED) is 0.827. The summed E-state index contributed by atoms with van der Waals surface area (Å²) in [6.45, 7) is 4.94. The molecule has 0 saturated carbocycles. The van der Waals surface area contributed by atoms with Gasteiger partial charge in [-0.2, -0.15) is 0 Å². The fourth-order valence-electron chi connectivity index (χ4n) is 2.84. The number of nitrogens with zero attached hydrogens (tertiary/aromatic N) is 3. The van der Waals surface area contributed by atoms with E-state index in [1.807, 2.05) is 38.9 Å². The second-order valence-electron chi connectivity index (χ2n) is 6.77. The molecule has 1 N–H and O–H groups in total. The van der Waals surface area contributed by atoms with Crippen LogP contribution in [0.25, 0.3) is 0 Å². The molecule has 6 heteroatoms. The third kappa shape index (κ3) is 3.82. The van der Waals surface area contributed by atoms with Crippen LogP contribution in [0, 0.1) is 5.92 Å². The van der Waals surface area contributed by atoms with Gasteiger partial charge in [-0.15, -0.1) is 0 Å². The van der Waals surface area contributed by atoms with Gasteiger partial charge in [0.15, 0.2) is 11.5 Å². The molecule has 0 fully saturated rings. The molecule has 24 heavy (non-hydrogen) atoms. The van der Waals surface area contributed by atoms with Crippen molar-refractivity contribution in [2.75, 3.05) is 27.2 Å². The van der Waals surface area contributed by atoms with Crippen molar-refractivity contribution in [3.8, 4) is 0 Å². The lowest BCUT2D eigenvalue weighted by Crippen LogP contribution is -2.36. The van der Waals surface area contributed by atoms with Crippen molar-refractivity contribution in [2.24, 2.45) is 5.92 Å². The van der Waals surface area contributed by atoms with Crippen LogP contribution in [0.4, 0.5) is 0 Å². The highest BCUT2D eigenvalue weighted by molar-refractivity contribution is 6.09. The number of rotatable bonds is 7. The molecule has 1 aromatic heterocycles. The summed E-state index contributed by atoms with van der Waals surface area (Å²) in [5.41, 5.74) is 0.932. The lowest BCUT2D eigenvalue weighted by Gasteiger charge is -2.27. The van der Waals surface area contributed by atoms with Gasteiger partial charge in [0.05, 0.1) is 11.6 Å². The summed E-state index contributed by atoms with van der Waals surface area (Å²) in [4.78, 5) is 32.8. The van der Waals surface area contributed by atoms with Crippen LogP contribution in [0.5, 0.6) is 0 Å². The number of aromatic nitrogens is 1. The molecule has 2 heterocycles. The van der Waals surface area contributed by atoms with Crippen LogP contribution in [0.1, 0.15) is 31.9 Å². The van der Waals surface area contributed by atoms with Crippen LogP contribution in [0.3, 0.4) is 0 Å². The van der Waals surface area contributed by atoms with Crippen molar-refractivity contribution < 1.29 is 14.7 Å². The predicted molar refractivity (Wildman–Crippen MR) is 91.4 cm³/mol. The second-order valence-corrected chi connectivity index (χ2v) is 6.77. The molecule has 0 aliphatic carbocycles. The van der Waals surface area contributed by atoms with Gasteiger partial charge >= 0.3 is 0 Å². The van der Waals surface area contributed by atoms with E-state index in [1.54, 1.807) is 23.4 Å². The lowest BCUT2D eigenvalue weighted by atomic mass is 9.93. The highest BCUT2D eigenvalue weighted by Crippen LogP contribution is 2.38. The zero-order valence-electron chi connectivity index (χ0n) is 14.7. The van der Waals surface area contributed by atoms with Crippen LogP contribution in [0.2, 0.25) is 0 Å². The van der Waals surface area contributed by atoms with E-state index in [2.05, 4.69) is 4.98 Å². The summed E-state index contributed by atoms with van der Waals surface area (Å²) < 4.78 is 0. The van der Waals surface area contributed by atoms with Crippen molar-refractivity contribution in [2.45, 2.75) is 26.3 Å². The molecule has 1 aliphatic rings. The zero-order chi connectivity index (χ0) is 17.9. The van der Waals surface area contributed by atoms with Gasteiger partial charge in [0.25, 0.3) is 5.91 Å². The SMILES string of the molecule is CC(C)CC(=O)C1=C(O)C(=O)N(CCN(C)C)C1c1cccnc1. The fraction of sp³-hybridized carbons (Fsp3) is 0.500. The van der Waals surface area contributed by atoms with Crippen molar-refractivity contribution in [3.05, 3.63) is 41.4 Å². The van der Waals surface area contributed by atoms with E-state index in [1.165, 1.54) is 0 Å². The monoisotopic (exact) mass is 331 g/mol. The van der Waals surface area contributed by atoms with Crippen LogP contribution in [-0.4, -0.2) is 58.8 Å². The number of aliphatic hydroxyl groups excluding tert-OH is 1. The van der Waals surface area contributed by atoms with Crippen LogP contribution in [0.15, 0.2) is 35.9 Å². The molecular weight excluding hydrogens is 306 g/mol. The van der Waals surface area contributed by atoms with E-state index >= 15 is 0 Å². The van der Waals surface area contributed by atoms with Gasteiger partial charge in [0.2, 0.25) is 0 Å². The number of pyridine rings is 1. The van der Waals surface area contributed by atoms with Gasteiger partial charge in [-0.1, -0.05) is 19.9 Å². The first-order valence-electron chi connectivity index (χ1n) is 8.14. The summed E-state index contributed by atoms with van der Waals surface area (Å²) in [7, 11) is 3.83. The Morgan fingerprint density at radius 1 is 1.42 bits per heavy atom. The Morgan fingerprint density at radius 3 is 2.67 bits per heavy atom. The molecule has 2 rings (SSSR count). The van der Waals surface area contributed by atoms with E-state index in [9.17, 15) is 14.7 Å². The van der Waals surface area contributed by atoms with E-state index in [4.69, 9.17) is 0 Å². The number of carbonyl (C=O) groups excluding carboxylic acids is 2. The standard InChI is InChI=1S/C18H25N3O3/c1-12(2)10-14(22)15-16(13-6-5-7-19-11-13)21(9-8-20(3)4)18(24)17(15)23/h5-7,11-12,16,23H,8-10H2,1-4H3. The Bertz CT molecular complexity index is 638. The molecule has 130 valence electrons. The average Bonchev–Trinajstić information content (AvgIpc) is 2.77. The molecule has 1 amide bonds. The summed E-state index contributed by atoms with van der Waals surface area (Å²) in [5, 5.41) is 10.3. The number of ketones is 1. The van der Waals surface area contributed by atoms with Gasteiger partial charge in [0.1, 0.15) is 0 Å². The number of amides is 1. The molecule has 1 aromatic rings. The molecule has 1 unspecified atom stereocenters. The minimum absolute atomic E-state index is 0.151. The Morgan fingerprint density at radius 2 is 2.12 bits per heavy atom. The maximum atomic E-state index is 12.7. The molecule has 0 aromatic carbocycles. The normalized spacial score (nSPS) is 18.2. The lowest BCUT2D eigenvalue weighted by molar-refractivity contribution is -0.129. The number of hydrogen-bond donors (Lipinski definition) is 1. The van der Waals surface area contributed by atoms with E-state index in [0.717, 1.165) is 5.56 Å². The summed E-state index contributed by atoms with van der Waals surface area (Å²) in [6, 6.07) is 3.02. The highest BCUT2D eigenvalue weighted by atomic mass is 16.3. The van der Waals surface area contributed by atoms with E-state index in [-0.39, 0.29) is 17.3 Å². The summed E-state index contributed by atoms with van der Waals surface area (Å²) >= 11 is 0. The van der Waals surface area contributed by atoms with Gasteiger partial charge in [0, 0.05) is 31.9 Å². The van der Waals surface area contributed by atoms with E-state index < -0.39 is 17.7 Å². The van der Waals surface area contributed by atoms with Crippen LogP contribution >= 0.6 is 0 Å².